The average Bonchev–Trinajstić information content (AvgIpc) is 3.49. The highest BCUT2D eigenvalue weighted by atomic mass is 32.1. The van der Waals surface area contributed by atoms with Crippen molar-refractivity contribution in [3.8, 4) is 45.6 Å². The van der Waals surface area contributed by atoms with Crippen molar-refractivity contribution in [2.45, 2.75) is 0 Å². The summed E-state index contributed by atoms with van der Waals surface area (Å²) in [6.45, 7) is 0. The summed E-state index contributed by atoms with van der Waals surface area (Å²) in [5.41, 5.74) is 6.38. The molecule has 0 fully saturated rings. The number of nitriles is 2. The fourth-order valence-corrected chi connectivity index (χ4v) is 5.73. The Labute approximate surface area is 236 Å². The van der Waals surface area contributed by atoms with Crippen molar-refractivity contribution in [2.75, 3.05) is 0 Å². The Bertz CT molecular complexity index is 2220. The van der Waals surface area contributed by atoms with E-state index in [0.717, 1.165) is 73.3 Å². The van der Waals surface area contributed by atoms with Crippen LogP contribution < -0.4 is 0 Å². The molecule has 41 heavy (non-hydrogen) atoms. The number of pyridine rings is 1. The SMILES string of the molecule is N#Cc1ccc(-c2ccc3c(c2)nc(-c2ccc(-c4c(F)cc(C#N)cc4F)cc2)c2ccc4nsnc4c23)cc1. The van der Waals surface area contributed by atoms with Crippen molar-refractivity contribution in [3.05, 3.63) is 114 Å². The van der Waals surface area contributed by atoms with E-state index < -0.39 is 11.6 Å². The molecule has 8 heteroatoms. The van der Waals surface area contributed by atoms with Gasteiger partial charge in [-0.25, -0.2) is 13.8 Å². The number of aromatic nitrogens is 3. The maximum Gasteiger partial charge on any atom is 0.135 e. The molecule has 0 saturated carbocycles. The quantitative estimate of drug-likeness (QED) is 0.206. The third-order valence-electron chi connectivity index (χ3n) is 7.15. The third kappa shape index (κ3) is 4.06. The van der Waals surface area contributed by atoms with E-state index in [1.54, 1.807) is 42.5 Å². The molecule has 5 aromatic carbocycles. The highest BCUT2D eigenvalue weighted by Gasteiger charge is 2.17. The van der Waals surface area contributed by atoms with Gasteiger partial charge in [0.15, 0.2) is 0 Å². The molecule has 0 N–H and O–H groups in total. The lowest BCUT2D eigenvalue weighted by molar-refractivity contribution is 0.589. The molecule has 0 spiro atoms. The molecule has 0 amide bonds. The molecule has 0 aliphatic rings. The third-order valence-corrected chi connectivity index (χ3v) is 7.69. The van der Waals surface area contributed by atoms with Crippen LogP contribution in [-0.4, -0.2) is 13.7 Å². The first-order chi connectivity index (χ1) is 20.0. The molecule has 2 heterocycles. The van der Waals surface area contributed by atoms with Gasteiger partial charge in [0, 0.05) is 21.7 Å². The van der Waals surface area contributed by atoms with Crippen molar-refractivity contribution in [1.82, 2.24) is 13.7 Å². The van der Waals surface area contributed by atoms with Crippen LogP contribution in [0.2, 0.25) is 0 Å². The van der Waals surface area contributed by atoms with Gasteiger partial charge in [0.05, 0.1) is 51.8 Å². The zero-order chi connectivity index (χ0) is 28.1. The minimum absolute atomic E-state index is 0.0737. The Morgan fingerprint density at radius 2 is 1.22 bits per heavy atom. The standard InChI is InChI=1S/C33H15F2N5S/c34-26-13-19(17-37)14-27(35)30(26)21-5-7-22(8-6-21)32-25-11-12-28-33(40-41-39-28)31(25)24-10-9-23(15-29(24)38-32)20-3-1-18(16-36)2-4-20/h1-15H. The lowest BCUT2D eigenvalue weighted by atomic mass is 9.95. The number of rotatable bonds is 3. The molecule has 0 bridgehead atoms. The van der Waals surface area contributed by atoms with Crippen LogP contribution in [-0.2, 0) is 0 Å². The fraction of sp³-hybridized carbons (Fsp3) is 0. The van der Waals surface area contributed by atoms with Gasteiger partial charge in [0.2, 0.25) is 0 Å². The van der Waals surface area contributed by atoms with E-state index in [2.05, 4.69) is 14.8 Å². The summed E-state index contributed by atoms with van der Waals surface area (Å²) in [6.07, 6.45) is 0. The van der Waals surface area contributed by atoms with Crippen LogP contribution >= 0.6 is 11.7 Å². The first-order valence-electron chi connectivity index (χ1n) is 12.5. The topological polar surface area (TPSA) is 86.2 Å². The van der Waals surface area contributed by atoms with Gasteiger partial charge in [-0.3, -0.25) is 0 Å². The Kier molecular flexibility index (Phi) is 5.71. The van der Waals surface area contributed by atoms with E-state index in [9.17, 15) is 8.78 Å². The molecule has 0 aliphatic carbocycles. The van der Waals surface area contributed by atoms with E-state index in [1.807, 2.05) is 42.5 Å². The molecular formula is C33H15F2N5S. The second-order valence-electron chi connectivity index (χ2n) is 9.51. The van der Waals surface area contributed by atoms with Crippen molar-refractivity contribution < 1.29 is 8.78 Å². The van der Waals surface area contributed by atoms with Gasteiger partial charge < -0.3 is 0 Å². The lowest BCUT2D eigenvalue weighted by Gasteiger charge is -2.13. The molecule has 2 aromatic heterocycles. The van der Waals surface area contributed by atoms with Gasteiger partial charge in [-0.1, -0.05) is 48.5 Å². The summed E-state index contributed by atoms with van der Waals surface area (Å²) in [5.74, 6) is -1.59. The summed E-state index contributed by atoms with van der Waals surface area (Å²) >= 11 is 1.15. The van der Waals surface area contributed by atoms with Crippen LogP contribution in [0.15, 0.2) is 91.0 Å². The second kappa shape index (κ2) is 9.56. The van der Waals surface area contributed by atoms with E-state index in [1.165, 1.54) is 0 Å². The number of nitrogens with zero attached hydrogens (tertiary/aromatic N) is 5. The first-order valence-corrected chi connectivity index (χ1v) is 13.3. The zero-order valence-electron chi connectivity index (χ0n) is 21.1. The number of hydrogen-bond donors (Lipinski definition) is 0. The number of benzene rings is 5. The van der Waals surface area contributed by atoms with Gasteiger partial charge >= 0.3 is 0 Å². The van der Waals surface area contributed by atoms with Crippen molar-refractivity contribution in [2.24, 2.45) is 0 Å². The Morgan fingerprint density at radius 1 is 0.585 bits per heavy atom. The molecule has 0 radical (unpaired) electrons. The smallest absolute Gasteiger partial charge is 0.135 e. The van der Waals surface area contributed by atoms with Gasteiger partial charge in [-0.2, -0.15) is 19.3 Å². The van der Waals surface area contributed by atoms with Crippen LogP contribution in [0.1, 0.15) is 11.1 Å². The molecule has 0 aliphatic heterocycles. The maximum absolute atomic E-state index is 14.7. The summed E-state index contributed by atoms with van der Waals surface area (Å²) in [4.78, 5) is 5.06. The molecule has 0 unspecified atom stereocenters. The normalized spacial score (nSPS) is 11.1. The van der Waals surface area contributed by atoms with Gasteiger partial charge in [0.1, 0.15) is 22.7 Å². The largest absolute Gasteiger partial charge is 0.247 e. The molecule has 0 saturated heterocycles. The van der Waals surface area contributed by atoms with Crippen molar-refractivity contribution in [3.63, 3.8) is 0 Å². The molecule has 5 nitrogen and oxygen atoms in total. The fourth-order valence-electron chi connectivity index (χ4n) is 5.18. The highest BCUT2D eigenvalue weighted by Crippen LogP contribution is 2.38. The number of hydrogen-bond acceptors (Lipinski definition) is 6. The monoisotopic (exact) mass is 551 g/mol. The predicted molar refractivity (Wildman–Crippen MR) is 156 cm³/mol. The Balaban J connectivity index is 1.43. The van der Waals surface area contributed by atoms with Crippen molar-refractivity contribution in [1.29, 1.82) is 10.5 Å². The summed E-state index contributed by atoms with van der Waals surface area (Å²) in [5, 5.41) is 20.9. The number of halogens is 2. The van der Waals surface area contributed by atoms with Crippen molar-refractivity contribution >= 4 is 44.4 Å². The molecule has 192 valence electrons. The molecular weight excluding hydrogens is 536 g/mol. The van der Waals surface area contributed by atoms with Crippen LogP contribution in [0, 0.1) is 34.3 Å². The molecule has 0 atom stereocenters. The van der Waals surface area contributed by atoms with Gasteiger partial charge in [0.25, 0.3) is 0 Å². The van der Waals surface area contributed by atoms with Crippen LogP contribution in [0.5, 0.6) is 0 Å². The lowest BCUT2D eigenvalue weighted by Crippen LogP contribution is -1.94. The minimum Gasteiger partial charge on any atom is -0.247 e. The van der Waals surface area contributed by atoms with Gasteiger partial charge in [-0.15, -0.1) is 0 Å². The maximum atomic E-state index is 14.7. The first kappa shape index (κ1) is 24.5. The van der Waals surface area contributed by atoms with E-state index in [4.69, 9.17) is 15.5 Å². The van der Waals surface area contributed by atoms with Crippen LogP contribution in [0.3, 0.4) is 0 Å². The predicted octanol–water partition coefficient (Wildman–Crippen LogP) is 8.42. The Morgan fingerprint density at radius 3 is 1.93 bits per heavy atom. The van der Waals surface area contributed by atoms with E-state index in [-0.39, 0.29) is 11.1 Å². The highest BCUT2D eigenvalue weighted by molar-refractivity contribution is 7.00. The average molecular weight is 552 g/mol. The minimum atomic E-state index is -0.794. The van der Waals surface area contributed by atoms with Crippen LogP contribution in [0.25, 0.3) is 66.2 Å². The number of fused-ring (bicyclic) bond motifs is 5. The van der Waals surface area contributed by atoms with Gasteiger partial charge in [-0.05, 0) is 59.2 Å². The second-order valence-corrected chi connectivity index (χ2v) is 10.0. The van der Waals surface area contributed by atoms with E-state index >= 15 is 0 Å². The van der Waals surface area contributed by atoms with E-state index in [0.29, 0.717) is 16.8 Å². The summed E-state index contributed by atoms with van der Waals surface area (Å²) < 4.78 is 38.4. The Hall–Kier alpha value is -5.57. The zero-order valence-corrected chi connectivity index (χ0v) is 21.9. The summed E-state index contributed by atoms with van der Waals surface area (Å²) in [7, 11) is 0. The summed E-state index contributed by atoms with van der Waals surface area (Å²) in [6, 6.07) is 30.2. The molecule has 7 aromatic rings. The molecule has 7 rings (SSSR count). The van der Waals surface area contributed by atoms with Crippen LogP contribution in [0.4, 0.5) is 8.78 Å².